The minimum atomic E-state index is -0.187. The maximum atomic E-state index is 12.4. The third-order valence-electron chi connectivity index (χ3n) is 4.47. The van der Waals surface area contributed by atoms with E-state index in [1.165, 1.54) is 11.0 Å². The molecule has 0 saturated heterocycles. The summed E-state index contributed by atoms with van der Waals surface area (Å²) in [7, 11) is 0. The molecule has 4 rings (SSSR count). The highest BCUT2D eigenvalue weighted by atomic mass is 16.5. The van der Waals surface area contributed by atoms with Crippen LogP contribution >= 0.6 is 0 Å². The van der Waals surface area contributed by atoms with E-state index in [0.717, 1.165) is 22.0 Å². The molecule has 0 unspecified atom stereocenters. The van der Waals surface area contributed by atoms with Crippen LogP contribution in [0.3, 0.4) is 0 Å². The zero-order valence-corrected chi connectivity index (χ0v) is 15.3. The Morgan fingerprint density at radius 1 is 1.11 bits per heavy atom. The lowest BCUT2D eigenvalue weighted by molar-refractivity contribution is -0.123. The summed E-state index contributed by atoms with van der Waals surface area (Å²) in [4.78, 5) is 12.4. The third-order valence-corrected chi connectivity index (χ3v) is 4.47. The average Bonchev–Trinajstić information content (AvgIpc) is 3.27. The van der Waals surface area contributed by atoms with Gasteiger partial charge in [-0.05, 0) is 45.8 Å². The number of fused-ring (bicyclic) bond motifs is 1. The van der Waals surface area contributed by atoms with Gasteiger partial charge in [0.2, 0.25) is 0 Å². The number of aromatic nitrogens is 4. The van der Waals surface area contributed by atoms with Crippen molar-refractivity contribution in [2.75, 3.05) is 6.61 Å². The zero-order chi connectivity index (χ0) is 19.3. The first-order valence-electron chi connectivity index (χ1n) is 8.94. The van der Waals surface area contributed by atoms with E-state index in [1.807, 2.05) is 43.3 Å². The molecule has 0 radical (unpaired) electrons. The number of carbonyl (C=O) groups is 1. The molecule has 0 aliphatic rings. The SMILES string of the molecule is C[C@@H](NC(=O)COc1cccc(-n2cnnn2)c1)c1cccc2ccccc12. The van der Waals surface area contributed by atoms with Gasteiger partial charge in [0.25, 0.3) is 5.91 Å². The predicted octanol–water partition coefficient (Wildman–Crippen LogP) is 3.07. The van der Waals surface area contributed by atoms with Crippen molar-refractivity contribution in [3.8, 4) is 11.4 Å². The fourth-order valence-corrected chi connectivity index (χ4v) is 3.13. The summed E-state index contributed by atoms with van der Waals surface area (Å²) < 4.78 is 7.16. The number of ether oxygens (including phenoxy) is 1. The number of carbonyl (C=O) groups excluding carboxylic acids is 1. The van der Waals surface area contributed by atoms with Gasteiger partial charge < -0.3 is 10.1 Å². The number of nitrogens with one attached hydrogen (secondary N) is 1. The number of hydrogen-bond donors (Lipinski definition) is 1. The smallest absolute Gasteiger partial charge is 0.258 e. The highest BCUT2D eigenvalue weighted by Gasteiger charge is 2.13. The molecule has 1 heterocycles. The van der Waals surface area contributed by atoms with Gasteiger partial charge in [-0.25, -0.2) is 4.68 Å². The van der Waals surface area contributed by atoms with Crippen LogP contribution in [0, 0.1) is 0 Å². The molecule has 1 N–H and O–H groups in total. The fourth-order valence-electron chi connectivity index (χ4n) is 3.13. The molecule has 3 aromatic carbocycles. The lowest BCUT2D eigenvalue weighted by atomic mass is 10.00. The summed E-state index contributed by atoms with van der Waals surface area (Å²) in [5.41, 5.74) is 1.83. The number of amides is 1. The van der Waals surface area contributed by atoms with E-state index in [4.69, 9.17) is 4.74 Å². The monoisotopic (exact) mass is 373 g/mol. The van der Waals surface area contributed by atoms with Crippen LogP contribution in [0.1, 0.15) is 18.5 Å². The van der Waals surface area contributed by atoms with Crippen LogP contribution in [0.2, 0.25) is 0 Å². The molecule has 1 amide bonds. The second kappa shape index (κ2) is 7.87. The maximum Gasteiger partial charge on any atom is 0.258 e. The fraction of sp³-hybridized carbons (Fsp3) is 0.143. The number of benzene rings is 3. The van der Waals surface area contributed by atoms with Crippen LogP contribution in [0.25, 0.3) is 16.5 Å². The maximum absolute atomic E-state index is 12.4. The van der Waals surface area contributed by atoms with Crippen molar-refractivity contribution in [3.63, 3.8) is 0 Å². The lowest BCUT2D eigenvalue weighted by Gasteiger charge is -2.17. The number of nitrogens with zero attached hydrogens (tertiary/aromatic N) is 4. The van der Waals surface area contributed by atoms with Gasteiger partial charge in [-0.2, -0.15) is 0 Å². The quantitative estimate of drug-likeness (QED) is 0.562. The highest BCUT2D eigenvalue weighted by Crippen LogP contribution is 2.24. The van der Waals surface area contributed by atoms with Crippen LogP contribution < -0.4 is 10.1 Å². The summed E-state index contributed by atoms with van der Waals surface area (Å²) in [5, 5.41) is 16.3. The first kappa shape index (κ1) is 17.7. The molecule has 28 heavy (non-hydrogen) atoms. The van der Waals surface area contributed by atoms with Crippen LogP contribution in [-0.4, -0.2) is 32.7 Å². The highest BCUT2D eigenvalue weighted by molar-refractivity contribution is 5.87. The molecule has 1 aromatic heterocycles. The van der Waals surface area contributed by atoms with Crippen molar-refractivity contribution in [2.24, 2.45) is 0 Å². The Morgan fingerprint density at radius 3 is 2.79 bits per heavy atom. The van der Waals surface area contributed by atoms with E-state index in [2.05, 4.69) is 39.0 Å². The first-order chi connectivity index (χ1) is 13.7. The molecule has 7 nitrogen and oxygen atoms in total. The Labute approximate surface area is 161 Å². The Morgan fingerprint density at radius 2 is 1.93 bits per heavy atom. The molecule has 0 saturated carbocycles. The molecule has 0 fully saturated rings. The summed E-state index contributed by atoms with van der Waals surface area (Å²) in [6.07, 6.45) is 1.50. The normalized spacial score (nSPS) is 11.9. The Hall–Kier alpha value is -3.74. The molecule has 4 aromatic rings. The van der Waals surface area contributed by atoms with Gasteiger partial charge in [-0.15, -0.1) is 5.10 Å². The van der Waals surface area contributed by atoms with Crippen molar-refractivity contribution in [3.05, 3.63) is 78.6 Å². The lowest BCUT2D eigenvalue weighted by Crippen LogP contribution is -2.31. The topological polar surface area (TPSA) is 81.9 Å². The number of rotatable bonds is 6. The molecular weight excluding hydrogens is 354 g/mol. The molecule has 7 heteroatoms. The summed E-state index contributed by atoms with van der Waals surface area (Å²) >= 11 is 0. The predicted molar refractivity (Wildman–Crippen MR) is 105 cm³/mol. The van der Waals surface area contributed by atoms with Gasteiger partial charge in [-0.3, -0.25) is 4.79 Å². The van der Waals surface area contributed by atoms with E-state index >= 15 is 0 Å². The number of hydrogen-bond acceptors (Lipinski definition) is 5. The summed E-state index contributed by atoms with van der Waals surface area (Å²) in [5.74, 6) is 0.384. The van der Waals surface area contributed by atoms with Gasteiger partial charge in [0, 0.05) is 6.07 Å². The van der Waals surface area contributed by atoms with Gasteiger partial charge in [0.1, 0.15) is 12.1 Å². The van der Waals surface area contributed by atoms with E-state index in [9.17, 15) is 4.79 Å². The van der Waals surface area contributed by atoms with Crippen LogP contribution in [-0.2, 0) is 4.79 Å². The summed E-state index contributed by atoms with van der Waals surface area (Å²) in [6, 6.07) is 21.3. The molecule has 0 bridgehead atoms. The number of tetrazole rings is 1. The molecule has 0 aliphatic carbocycles. The van der Waals surface area contributed by atoms with Gasteiger partial charge in [0.05, 0.1) is 11.7 Å². The first-order valence-corrected chi connectivity index (χ1v) is 8.94. The molecular formula is C21H19N5O2. The standard InChI is InChI=1S/C21H19N5O2/c1-15(19-11-4-7-16-6-2-3-10-20(16)19)23-21(27)13-28-18-9-5-8-17(12-18)26-14-22-24-25-26/h2-12,14-15H,13H2,1H3,(H,23,27)/t15-/m1/s1. The largest absolute Gasteiger partial charge is 0.484 e. The van der Waals surface area contributed by atoms with E-state index < -0.39 is 0 Å². The Balaban J connectivity index is 1.40. The van der Waals surface area contributed by atoms with Gasteiger partial charge in [-0.1, -0.05) is 48.5 Å². The molecule has 0 spiro atoms. The van der Waals surface area contributed by atoms with Gasteiger partial charge in [0.15, 0.2) is 6.61 Å². The Kier molecular flexibility index (Phi) is 4.97. The molecule has 140 valence electrons. The van der Waals surface area contributed by atoms with Crippen LogP contribution in [0.15, 0.2) is 73.1 Å². The zero-order valence-electron chi connectivity index (χ0n) is 15.3. The van der Waals surface area contributed by atoms with Crippen molar-refractivity contribution in [2.45, 2.75) is 13.0 Å². The minimum Gasteiger partial charge on any atom is -0.484 e. The van der Waals surface area contributed by atoms with Crippen molar-refractivity contribution >= 4 is 16.7 Å². The third kappa shape index (κ3) is 3.83. The van der Waals surface area contributed by atoms with E-state index in [1.54, 1.807) is 12.1 Å². The van der Waals surface area contributed by atoms with Gasteiger partial charge >= 0.3 is 0 Å². The Bertz CT molecular complexity index is 1090. The van der Waals surface area contributed by atoms with E-state index in [0.29, 0.717) is 5.75 Å². The van der Waals surface area contributed by atoms with Crippen LogP contribution in [0.5, 0.6) is 5.75 Å². The molecule has 1 atom stereocenters. The second-order valence-electron chi connectivity index (χ2n) is 6.40. The second-order valence-corrected chi connectivity index (χ2v) is 6.40. The molecule has 0 aliphatic heterocycles. The van der Waals surface area contributed by atoms with Crippen LogP contribution in [0.4, 0.5) is 0 Å². The van der Waals surface area contributed by atoms with Crippen molar-refractivity contribution in [1.82, 2.24) is 25.5 Å². The minimum absolute atomic E-state index is 0.0752. The van der Waals surface area contributed by atoms with Crippen molar-refractivity contribution < 1.29 is 9.53 Å². The summed E-state index contributed by atoms with van der Waals surface area (Å²) in [6.45, 7) is 1.90. The van der Waals surface area contributed by atoms with Crippen molar-refractivity contribution in [1.29, 1.82) is 0 Å². The van der Waals surface area contributed by atoms with E-state index in [-0.39, 0.29) is 18.6 Å². The average molecular weight is 373 g/mol.